The Kier molecular flexibility index (Phi) is 5.64. The van der Waals surface area contributed by atoms with Crippen LogP contribution in [0.1, 0.15) is 57.6 Å². The van der Waals surface area contributed by atoms with E-state index in [4.69, 9.17) is 5.84 Å². The number of carbonyl (C=O) groups excluding carboxylic acids is 1. The topological polar surface area (TPSA) is 73.4 Å². The monoisotopic (exact) mass is 402 g/mol. The molecule has 0 saturated heterocycles. The molecule has 2 aliphatic heterocycles. The van der Waals surface area contributed by atoms with E-state index in [1.54, 1.807) is 12.1 Å². The zero-order valence-corrected chi connectivity index (χ0v) is 16.2. The first-order chi connectivity index (χ1) is 13.8. The molecule has 2 aliphatic rings. The Morgan fingerprint density at radius 1 is 1.14 bits per heavy atom. The van der Waals surface area contributed by atoms with Gasteiger partial charge in [0.25, 0.3) is 5.91 Å². The molecule has 0 bridgehead atoms. The van der Waals surface area contributed by atoms with E-state index < -0.39 is 17.6 Å². The molecular formula is C21H21F3N4O. The molecule has 2 heterocycles. The predicted octanol–water partition coefficient (Wildman–Crippen LogP) is 3.95. The van der Waals surface area contributed by atoms with Crippen LogP contribution in [-0.2, 0) is 32.4 Å². The molecule has 0 fully saturated rings. The lowest BCUT2D eigenvalue weighted by molar-refractivity contribution is -0.138. The second-order valence-corrected chi connectivity index (χ2v) is 6.80. The fourth-order valence-electron chi connectivity index (χ4n) is 3.80. The molecule has 0 radical (unpaired) electrons. The fraction of sp³-hybridized carbons (Fsp3) is 0.333. The van der Waals surface area contributed by atoms with Crippen LogP contribution in [0.4, 0.5) is 13.2 Å². The number of halogens is 3. The quantitative estimate of drug-likeness (QED) is 0.610. The number of hydrogen-bond acceptors (Lipinski definition) is 4. The lowest BCUT2D eigenvalue weighted by atomic mass is 9.98. The van der Waals surface area contributed by atoms with Crippen LogP contribution < -0.4 is 5.84 Å². The zero-order valence-electron chi connectivity index (χ0n) is 16.2. The molecule has 2 N–H and O–H groups in total. The van der Waals surface area contributed by atoms with Crippen molar-refractivity contribution < 1.29 is 18.0 Å². The van der Waals surface area contributed by atoms with Crippen molar-refractivity contribution in [3.63, 3.8) is 0 Å². The van der Waals surface area contributed by atoms with Crippen LogP contribution in [0.15, 0.2) is 30.3 Å². The van der Waals surface area contributed by atoms with E-state index in [9.17, 15) is 23.2 Å². The second kappa shape index (κ2) is 7.85. The fourth-order valence-corrected chi connectivity index (χ4v) is 3.80. The van der Waals surface area contributed by atoms with E-state index in [0.717, 1.165) is 22.2 Å². The minimum Gasteiger partial charge on any atom is -0.291 e. The maximum absolute atomic E-state index is 13.5. The van der Waals surface area contributed by atoms with Crippen LogP contribution in [0.3, 0.4) is 0 Å². The SMILES string of the molecule is CC.N#Cc1cccc2c1CN(Cc1cc3c(c(C(F)(F)F)c1)CN(N)C3=O)C2. The van der Waals surface area contributed by atoms with Gasteiger partial charge in [0.15, 0.2) is 0 Å². The maximum atomic E-state index is 13.5. The number of carbonyl (C=O) groups is 1. The summed E-state index contributed by atoms with van der Waals surface area (Å²) in [6, 6.07) is 10.2. The first-order valence-electron chi connectivity index (χ1n) is 9.30. The van der Waals surface area contributed by atoms with Gasteiger partial charge < -0.3 is 0 Å². The average Bonchev–Trinajstić information content (AvgIpc) is 3.22. The van der Waals surface area contributed by atoms with E-state index in [1.807, 2.05) is 24.8 Å². The van der Waals surface area contributed by atoms with Crippen molar-refractivity contribution in [2.45, 2.75) is 46.2 Å². The van der Waals surface area contributed by atoms with Gasteiger partial charge in [0.05, 0.1) is 23.7 Å². The van der Waals surface area contributed by atoms with Gasteiger partial charge in [-0.2, -0.15) is 18.4 Å². The number of fused-ring (bicyclic) bond motifs is 2. The van der Waals surface area contributed by atoms with Gasteiger partial charge in [0.2, 0.25) is 0 Å². The van der Waals surface area contributed by atoms with Crippen LogP contribution in [0.5, 0.6) is 0 Å². The molecule has 0 spiro atoms. The standard InChI is InChI=1S/C19H15F3N4O.C2H6/c20-19(21,22)17-5-11(4-14-16(17)10-26(24)18(14)27)7-25-8-13-3-1-2-12(6-23)15(13)9-25;1-2/h1-5H,7-10,24H2;1-2H3. The third-order valence-electron chi connectivity index (χ3n) is 5.01. The Bertz CT molecular complexity index is 995. The minimum absolute atomic E-state index is 0.0109. The number of hydrogen-bond donors (Lipinski definition) is 1. The van der Waals surface area contributed by atoms with Gasteiger partial charge in [-0.1, -0.05) is 26.0 Å². The molecule has 2 aromatic rings. The summed E-state index contributed by atoms with van der Waals surface area (Å²) in [5, 5.41) is 10.0. The Labute approximate surface area is 167 Å². The average molecular weight is 402 g/mol. The van der Waals surface area contributed by atoms with Gasteiger partial charge in [-0.25, -0.2) is 5.84 Å². The van der Waals surface area contributed by atoms with E-state index in [2.05, 4.69) is 6.07 Å². The van der Waals surface area contributed by atoms with Gasteiger partial charge >= 0.3 is 6.18 Å². The molecule has 29 heavy (non-hydrogen) atoms. The third-order valence-corrected chi connectivity index (χ3v) is 5.01. The summed E-state index contributed by atoms with van der Waals surface area (Å²) in [6.07, 6.45) is -4.56. The summed E-state index contributed by atoms with van der Waals surface area (Å²) in [5.74, 6) is 4.92. The highest BCUT2D eigenvalue weighted by Gasteiger charge is 2.39. The van der Waals surface area contributed by atoms with Gasteiger partial charge in [-0.05, 0) is 40.5 Å². The Morgan fingerprint density at radius 2 is 1.86 bits per heavy atom. The first kappa shape index (κ1) is 20.8. The molecule has 8 heteroatoms. The molecule has 4 rings (SSSR count). The molecular weight excluding hydrogens is 381 g/mol. The minimum atomic E-state index is -4.56. The smallest absolute Gasteiger partial charge is 0.291 e. The van der Waals surface area contributed by atoms with Crippen molar-refractivity contribution in [2.24, 2.45) is 5.84 Å². The highest BCUT2D eigenvalue weighted by atomic mass is 19.4. The number of amides is 1. The number of hydrazine groups is 1. The van der Waals surface area contributed by atoms with Crippen LogP contribution in [-0.4, -0.2) is 15.8 Å². The number of nitriles is 1. The lowest BCUT2D eigenvalue weighted by Crippen LogP contribution is -2.30. The molecule has 0 atom stereocenters. The van der Waals surface area contributed by atoms with E-state index in [-0.39, 0.29) is 24.2 Å². The van der Waals surface area contributed by atoms with Crippen molar-refractivity contribution >= 4 is 5.91 Å². The number of nitrogens with zero attached hydrogens (tertiary/aromatic N) is 3. The molecule has 2 aromatic carbocycles. The van der Waals surface area contributed by atoms with E-state index >= 15 is 0 Å². The summed E-state index contributed by atoms with van der Waals surface area (Å²) >= 11 is 0. The summed E-state index contributed by atoms with van der Waals surface area (Å²) in [6.45, 7) is 5.02. The summed E-state index contributed by atoms with van der Waals surface area (Å²) in [4.78, 5) is 14.1. The molecule has 0 aromatic heterocycles. The van der Waals surface area contributed by atoms with Gasteiger partial charge in [-0.15, -0.1) is 0 Å². The molecule has 0 aliphatic carbocycles. The molecule has 5 nitrogen and oxygen atoms in total. The van der Waals surface area contributed by atoms with Crippen molar-refractivity contribution in [1.82, 2.24) is 9.91 Å². The van der Waals surface area contributed by atoms with Gasteiger partial charge in [-0.3, -0.25) is 14.7 Å². The summed E-state index contributed by atoms with van der Waals surface area (Å²) in [5.41, 5.74) is 2.00. The largest absolute Gasteiger partial charge is 0.416 e. The number of alkyl halides is 3. The molecule has 0 saturated carbocycles. The first-order valence-corrected chi connectivity index (χ1v) is 9.30. The lowest BCUT2D eigenvalue weighted by Gasteiger charge is -2.18. The van der Waals surface area contributed by atoms with Gasteiger partial charge in [0, 0.05) is 25.2 Å². The maximum Gasteiger partial charge on any atom is 0.416 e. The van der Waals surface area contributed by atoms with Crippen molar-refractivity contribution in [3.8, 4) is 6.07 Å². The van der Waals surface area contributed by atoms with Crippen molar-refractivity contribution in [3.05, 3.63) is 69.3 Å². The summed E-state index contributed by atoms with van der Waals surface area (Å²) < 4.78 is 40.5. The Morgan fingerprint density at radius 3 is 2.52 bits per heavy atom. The van der Waals surface area contributed by atoms with Gasteiger partial charge in [0.1, 0.15) is 0 Å². The second-order valence-electron chi connectivity index (χ2n) is 6.80. The highest BCUT2D eigenvalue weighted by molar-refractivity contribution is 5.98. The third kappa shape index (κ3) is 3.84. The predicted molar refractivity (Wildman–Crippen MR) is 101 cm³/mol. The van der Waals surface area contributed by atoms with E-state index in [1.165, 1.54) is 6.07 Å². The number of nitrogens with two attached hydrogens (primary N) is 1. The van der Waals surface area contributed by atoms with E-state index in [0.29, 0.717) is 24.2 Å². The molecule has 0 unspecified atom stereocenters. The number of rotatable bonds is 2. The number of benzene rings is 2. The summed E-state index contributed by atoms with van der Waals surface area (Å²) in [7, 11) is 0. The van der Waals surface area contributed by atoms with Crippen LogP contribution in [0, 0.1) is 11.3 Å². The van der Waals surface area contributed by atoms with Crippen LogP contribution >= 0.6 is 0 Å². The van der Waals surface area contributed by atoms with Crippen LogP contribution in [0.25, 0.3) is 0 Å². The highest BCUT2D eigenvalue weighted by Crippen LogP contribution is 2.38. The Hall–Kier alpha value is -2.89. The zero-order chi connectivity index (χ0) is 21.3. The molecule has 152 valence electrons. The normalized spacial score (nSPS) is 15.5. The van der Waals surface area contributed by atoms with Crippen LogP contribution in [0.2, 0.25) is 0 Å². The van der Waals surface area contributed by atoms with Crippen molar-refractivity contribution in [1.29, 1.82) is 5.26 Å². The Balaban J connectivity index is 0.00000117. The van der Waals surface area contributed by atoms with Crippen molar-refractivity contribution in [2.75, 3.05) is 0 Å². The molecule has 1 amide bonds.